The van der Waals surface area contributed by atoms with E-state index in [1.807, 2.05) is 17.5 Å². The molecule has 0 saturated heterocycles. The number of aromatic nitrogens is 4. The van der Waals surface area contributed by atoms with Gasteiger partial charge in [0.05, 0.1) is 10.6 Å². The smallest absolute Gasteiger partial charge is 0.210 e. The number of hydrogen-bond acceptors (Lipinski definition) is 4. The zero-order valence-corrected chi connectivity index (χ0v) is 9.23. The molecular formula is C10H6F2N4S. The lowest BCUT2D eigenvalue weighted by Crippen LogP contribution is -2.02. The van der Waals surface area contributed by atoms with Gasteiger partial charge in [0.1, 0.15) is 12.0 Å². The van der Waals surface area contributed by atoms with Crippen molar-refractivity contribution in [1.82, 2.24) is 19.6 Å². The summed E-state index contributed by atoms with van der Waals surface area (Å²) in [6.07, 6.45) is -1.40. The van der Waals surface area contributed by atoms with Crippen LogP contribution in [-0.2, 0) is 0 Å². The molecular weight excluding hydrogens is 246 g/mol. The molecule has 0 N–H and O–H groups in total. The summed E-state index contributed by atoms with van der Waals surface area (Å²) in [5.41, 5.74) is 0.298. The van der Waals surface area contributed by atoms with Crippen molar-refractivity contribution in [3.8, 4) is 10.6 Å². The number of hydrogen-bond donors (Lipinski definition) is 0. The van der Waals surface area contributed by atoms with Crippen LogP contribution in [0.2, 0.25) is 0 Å². The van der Waals surface area contributed by atoms with Gasteiger partial charge in [0.2, 0.25) is 0 Å². The molecule has 3 aromatic heterocycles. The Labute approximate surface area is 98.6 Å². The van der Waals surface area contributed by atoms with E-state index in [0.29, 0.717) is 5.69 Å². The minimum Gasteiger partial charge on any atom is -0.210 e. The van der Waals surface area contributed by atoms with Crippen molar-refractivity contribution in [1.29, 1.82) is 0 Å². The third kappa shape index (κ3) is 1.68. The van der Waals surface area contributed by atoms with E-state index in [0.717, 1.165) is 9.39 Å². The summed E-state index contributed by atoms with van der Waals surface area (Å²) in [6.45, 7) is 0. The van der Waals surface area contributed by atoms with Crippen molar-refractivity contribution in [2.24, 2.45) is 0 Å². The summed E-state index contributed by atoms with van der Waals surface area (Å²) in [5.74, 6) is 0.186. The van der Waals surface area contributed by atoms with E-state index in [4.69, 9.17) is 0 Å². The van der Waals surface area contributed by atoms with E-state index in [1.165, 1.54) is 23.7 Å². The Bertz CT molecular complexity index is 647. The second-order valence-electron chi connectivity index (χ2n) is 3.32. The van der Waals surface area contributed by atoms with Gasteiger partial charge in [-0.05, 0) is 17.5 Å². The van der Waals surface area contributed by atoms with E-state index in [2.05, 4.69) is 15.1 Å². The van der Waals surface area contributed by atoms with Gasteiger partial charge in [0.25, 0.3) is 12.2 Å². The fraction of sp³-hybridized carbons (Fsp3) is 0.100. The van der Waals surface area contributed by atoms with E-state index in [-0.39, 0.29) is 11.5 Å². The molecule has 0 spiro atoms. The minimum atomic E-state index is -2.61. The average Bonchev–Trinajstić information content (AvgIpc) is 2.98. The first-order valence-electron chi connectivity index (χ1n) is 4.78. The van der Waals surface area contributed by atoms with Crippen LogP contribution < -0.4 is 0 Å². The highest BCUT2D eigenvalue weighted by atomic mass is 32.1. The fourth-order valence-corrected chi connectivity index (χ4v) is 2.23. The number of fused-ring (bicyclic) bond motifs is 1. The van der Waals surface area contributed by atoms with Gasteiger partial charge in [-0.15, -0.1) is 11.3 Å². The molecule has 86 valence electrons. The van der Waals surface area contributed by atoms with E-state index < -0.39 is 6.43 Å². The summed E-state index contributed by atoms with van der Waals surface area (Å²) in [5, 5.41) is 5.60. The van der Waals surface area contributed by atoms with Crippen molar-refractivity contribution in [3.63, 3.8) is 0 Å². The number of alkyl halides is 2. The highest BCUT2D eigenvalue weighted by Gasteiger charge is 2.16. The number of nitrogens with zero attached hydrogens (tertiary/aromatic N) is 4. The predicted molar refractivity (Wildman–Crippen MR) is 59.1 cm³/mol. The monoisotopic (exact) mass is 252 g/mol. The van der Waals surface area contributed by atoms with Crippen molar-refractivity contribution in [2.75, 3.05) is 0 Å². The first-order valence-corrected chi connectivity index (χ1v) is 5.66. The van der Waals surface area contributed by atoms with Crippen LogP contribution in [0.15, 0.2) is 29.9 Å². The Balaban J connectivity index is 2.27. The fourth-order valence-electron chi connectivity index (χ4n) is 1.54. The van der Waals surface area contributed by atoms with Crippen molar-refractivity contribution >= 4 is 17.1 Å². The maximum Gasteiger partial charge on any atom is 0.280 e. The molecule has 0 saturated carbocycles. The van der Waals surface area contributed by atoms with Crippen LogP contribution >= 0.6 is 11.3 Å². The van der Waals surface area contributed by atoms with Gasteiger partial charge < -0.3 is 0 Å². The topological polar surface area (TPSA) is 43.1 Å². The quantitative estimate of drug-likeness (QED) is 0.704. The highest BCUT2D eigenvalue weighted by molar-refractivity contribution is 7.13. The summed E-state index contributed by atoms with van der Waals surface area (Å²) in [6, 6.07) is 5.02. The molecule has 0 radical (unpaired) electrons. The average molecular weight is 252 g/mol. The van der Waals surface area contributed by atoms with Gasteiger partial charge in [0, 0.05) is 0 Å². The first-order chi connectivity index (χ1) is 8.25. The van der Waals surface area contributed by atoms with Gasteiger partial charge in [-0.25, -0.2) is 13.8 Å². The standard InChI is InChI=1S/C10H6F2N4S/c11-9(12)7-4-6(8-2-1-3-17-8)15-10-13-5-14-16(7)10/h1-5,9H. The molecule has 17 heavy (non-hydrogen) atoms. The Hall–Kier alpha value is -1.89. The third-order valence-electron chi connectivity index (χ3n) is 2.28. The lowest BCUT2D eigenvalue weighted by molar-refractivity contribution is 0.143. The molecule has 3 heterocycles. The molecule has 4 nitrogen and oxygen atoms in total. The molecule has 0 aromatic carbocycles. The second kappa shape index (κ2) is 3.85. The molecule has 0 unspecified atom stereocenters. The molecule has 0 aliphatic heterocycles. The molecule has 0 bridgehead atoms. The zero-order chi connectivity index (χ0) is 11.8. The Kier molecular flexibility index (Phi) is 2.32. The summed E-state index contributed by atoms with van der Waals surface area (Å²) in [7, 11) is 0. The lowest BCUT2D eigenvalue weighted by Gasteiger charge is -2.04. The van der Waals surface area contributed by atoms with E-state index in [9.17, 15) is 8.78 Å². The van der Waals surface area contributed by atoms with Gasteiger partial charge in [-0.3, -0.25) is 0 Å². The van der Waals surface area contributed by atoms with Gasteiger partial charge in [0.15, 0.2) is 0 Å². The van der Waals surface area contributed by atoms with Gasteiger partial charge in [-0.1, -0.05) is 6.07 Å². The van der Waals surface area contributed by atoms with E-state index >= 15 is 0 Å². The third-order valence-corrected chi connectivity index (χ3v) is 3.17. The minimum absolute atomic E-state index is 0.186. The molecule has 3 rings (SSSR count). The zero-order valence-electron chi connectivity index (χ0n) is 8.42. The van der Waals surface area contributed by atoms with Crippen LogP contribution in [0.4, 0.5) is 8.78 Å². The number of rotatable bonds is 2. The predicted octanol–water partition coefficient (Wildman–Crippen LogP) is 2.79. The summed E-state index contributed by atoms with van der Waals surface area (Å²) >= 11 is 1.44. The van der Waals surface area contributed by atoms with Crippen molar-refractivity contribution in [3.05, 3.63) is 35.6 Å². The van der Waals surface area contributed by atoms with Crippen LogP contribution in [-0.4, -0.2) is 19.6 Å². The summed E-state index contributed by atoms with van der Waals surface area (Å²) in [4.78, 5) is 8.86. The molecule has 0 aliphatic rings. The normalized spacial score (nSPS) is 11.5. The van der Waals surface area contributed by atoms with Crippen LogP contribution in [0, 0.1) is 0 Å². The molecule has 3 aromatic rings. The number of thiophene rings is 1. The second-order valence-corrected chi connectivity index (χ2v) is 4.26. The van der Waals surface area contributed by atoms with Crippen LogP contribution in [0.25, 0.3) is 16.3 Å². The van der Waals surface area contributed by atoms with E-state index in [1.54, 1.807) is 0 Å². The van der Waals surface area contributed by atoms with Crippen LogP contribution in [0.3, 0.4) is 0 Å². The Morgan fingerprint density at radius 3 is 2.94 bits per heavy atom. The van der Waals surface area contributed by atoms with Crippen LogP contribution in [0.5, 0.6) is 0 Å². The maximum atomic E-state index is 12.9. The molecule has 0 aliphatic carbocycles. The Morgan fingerprint density at radius 1 is 1.35 bits per heavy atom. The Morgan fingerprint density at radius 2 is 2.24 bits per heavy atom. The van der Waals surface area contributed by atoms with Gasteiger partial charge >= 0.3 is 0 Å². The van der Waals surface area contributed by atoms with Gasteiger partial charge in [-0.2, -0.15) is 14.6 Å². The molecule has 7 heteroatoms. The first kappa shape index (κ1) is 10.3. The largest absolute Gasteiger partial charge is 0.280 e. The molecule has 0 atom stereocenters. The lowest BCUT2D eigenvalue weighted by atomic mass is 10.3. The van der Waals surface area contributed by atoms with Crippen molar-refractivity contribution in [2.45, 2.75) is 6.43 Å². The van der Waals surface area contributed by atoms with Crippen LogP contribution in [0.1, 0.15) is 12.1 Å². The number of halogens is 2. The highest BCUT2D eigenvalue weighted by Crippen LogP contribution is 2.27. The van der Waals surface area contributed by atoms with Crippen molar-refractivity contribution < 1.29 is 8.78 Å². The SMILES string of the molecule is FC(F)c1cc(-c2cccs2)nc2ncnn12. The summed E-state index contributed by atoms with van der Waals surface area (Å²) < 4.78 is 26.8. The molecule has 0 amide bonds. The molecule has 0 fully saturated rings. The maximum absolute atomic E-state index is 12.9.